The number of carbonyl (C=O) groups is 1. The lowest BCUT2D eigenvalue weighted by Gasteiger charge is -2.22. The van der Waals surface area contributed by atoms with Gasteiger partial charge in [0.15, 0.2) is 5.96 Å². The third-order valence-corrected chi connectivity index (χ3v) is 5.38. The third kappa shape index (κ3) is 6.87. The molecule has 1 aliphatic heterocycles. The molecule has 1 heterocycles. The summed E-state index contributed by atoms with van der Waals surface area (Å²) in [6, 6.07) is 16.2. The molecular weight excluding hydrogens is 511 g/mol. The van der Waals surface area contributed by atoms with Gasteiger partial charge in [-0.1, -0.05) is 54.1 Å². The molecule has 0 aliphatic carbocycles. The summed E-state index contributed by atoms with van der Waals surface area (Å²) in [6.07, 6.45) is 1.64. The first kappa shape index (κ1) is 24.5. The maximum atomic E-state index is 11.9. The molecule has 1 fully saturated rings. The summed E-state index contributed by atoms with van der Waals surface area (Å²) in [5.41, 5.74) is 3.36. The summed E-state index contributed by atoms with van der Waals surface area (Å²) in [6.45, 7) is 5.66. The Morgan fingerprint density at radius 2 is 1.97 bits per heavy atom. The lowest BCUT2D eigenvalue weighted by Crippen LogP contribution is -2.38. The van der Waals surface area contributed by atoms with Crippen molar-refractivity contribution in [3.8, 4) is 0 Å². The van der Waals surface area contributed by atoms with Crippen LogP contribution in [-0.4, -0.2) is 41.8 Å². The van der Waals surface area contributed by atoms with Crippen LogP contribution in [0.5, 0.6) is 0 Å². The van der Waals surface area contributed by atoms with Crippen molar-refractivity contribution in [3.63, 3.8) is 0 Å². The summed E-state index contributed by atoms with van der Waals surface area (Å²) in [5.74, 6) is 1.09. The minimum absolute atomic E-state index is 0. The summed E-state index contributed by atoms with van der Waals surface area (Å²) in [5, 5.41) is 4.11. The molecule has 0 aromatic heterocycles. The highest BCUT2D eigenvalue weighted by Crippen LogP contribution is 2.17. The molecule has 1 N–H and O–H groups in total. The molecule has 1 aliphatic rings. The fourth-order valence-electron chi connectivity index (χ4n) is 3.51. The zero-order chi connectivity index (χ0) is 20.6. The average molecular weight is 541 g/mol. The summed E-state index contributed by atoms with van der Waals surface area (Å²) >= 11 is 6.31. The lowest BCUT2D eigenvalue weighted by atomic mass is 10.1. The maximum absolute atomic E-state index is 11.9. The largest absolute Gasteiger partial charge is 0.357 e. The van der Waals surface area contributed by atoms with E-state index in [1.807, 2.05) is 42.3 Å². The summed E-state index contributed by atoms with van der Waals surface area (Å²) in [7, 11) is 2.01. The number of nitrogens with one attached hydrogen (secondary N) is 1. The smallest absolute Gasteiger partial charge is 0.222 e. The molecule has 7 heteroatoms. The second-order valence-corrected chi connectivity index (χ2v) is 7.76. The van der Waals surface area contributed by atoms with Crippen molar-refractivity contribution in [2.24, 2.45) is 4.99 Å². The Bertz CT molecular complexity index is 874. The fourth-order valence-corrected chi connectivity index (χ4v) is 3.71. The van der Waals surface area contributed by atoms with Crippen LogP contribution in [0.25, 0.3) is 0 Å². The highest BCUT2D eigenvalue weighted by atomic mass is 127. The van der Waals surface area contributed by atoms with Gasteiger partial charge in [-0.15, -0.1) is 24.0 Å². The second-order valence-electron chi connectivity index (χ2n) is 7.36. The molecule has 30 heavy (non-hydrogen) atoms. The zero-order valence-corrected chi connectivity index (χ0v) is 20.7. The number of amides is 1. The van der Waals surface area contributed by atoms with Crippen molar-refractivity contribution >= 4 is 47.4 Å². The van der Waals surface area contributed by atoms with Crippen molar-refractivity contribution < 1.29 is 4.79 Å². The van der Waals surface area contributed by atoms with E-state index in [9.17, 15) is 4.79 Å². The van der Waals surface area contributed by atoms with Crippen LogP contribution in [0, 0.1) is 0 Å². The standard InChI is InChI=1S/C23H29ClN4O.HI/c1-3-25-23(27(2)17-20-10-4-5-11-21(20)24)26-15-18-8-6-9-19(14-18)16-28-13-7-12-22(28)29;/h4-6,8-11,14H,3,7,12-13,15-17H2,1-2H3,(H,25,26);1H. The van der Waals surface area contributed by atoms with Gasteiger partial charge in [0.2, 0.25) is 5.91 Å². The molecule has 0 spiro atoms. The van der Waals surface area contributed by atoms with Crippen LogP contribution < -0.4 is 5.32 Å². The van der Waals surface area contributed by atoms with Crippen molar-refractivity contribution in [1.29, 1.82) is 0 Å². The van der Waals surface area contributed by atoms with Gasteiger partial charge in [0.1, 0.15) is 0 Å². The summed E-state index contributed by atoms with van der Waals surface area (Å²) < 4.78 is 0. The Labute approximate surface area is 201 Å². The van der Waals surface area contributed by atoms with Gasteiger partial charge in [-0.3, -0.25) is 4.79 Å². The molecule has 3 rings (SSSR count). The van der Waals surface area contributed by atoms with Crippen molar-refractivity contribution in [3.05, 3.63) is 70.2 Å². The molecule has 0 atom stereocenters. The van der Waals surface area contributed by atoms with Crippen LogP contribution in [0.3, 0.4) is 0 Å². The van der Waals surface area contributed by atoms with E-state index in [0.717, 1.165) is 47.2 Å². The quantitative estimate of drug-likeness (QED) is 0.315. The van der Waals surface area contributed by atoms with E-state index in [0.29, 0.717) is 26.1 Å². The Morgan fingerprint density at radius 3 is 2.67 bits per heavy atom. The van der Waals surface area contributed by atoms with E-state index in [4.69, 9.17) is 16.6 Å². The lowest BCUT2D eigenvalue weighted by molar-refractivity contribution is -0.128. The van der Waals surface area contributed by atoms with E-state index >= 15 is 0 Å². The van der Waals surface area contributed by atoms with Crippen molar-refractivity contribution in [2.45, 2.75) is 39.4 Å². The van der Waals surface area contributed by atoms with Crippen LogP contribution in [-0.2, 0) is 24.4 Å². The number of hydrogen-bond donors (Lipinski definition) is 1. The van der Waals surface area contributed by atoms with Crippen molar-refractivity contribution in [1.82, 2.24) is 15.1 Å². The van der Waals surface area contributed by atoms with Gasteiger partial charge in [-0.05, 0) is 36.1 Å². The average Bonchev–Trinajstić information content (AvgIpc) is 3.11. The summed E-state index contributed by atoms with van der Waals surface area (Å²) in [4.78, 5) is 20.7. The minimum Gasteiger partial charge on any atom is -0.357 e. The van der Waals surface area contributed by atoms with E-state index in [2.05, 4.69) is 35.3 Å². The number of hydrogen-bond acceptors (Lipinski definition) is 2. The Hall–Kier alpha value is -1.80. The molecular formula is C23H30ClIN4O. The molecule has 0 bridgehead atoms. The Balaban J connectivity index is 0.00000320. The number of rotatable bonds is 7. The highest BCUT2D eigenvalue weighted by Gasteiger charge is 2.19. The molecule has 1 amide bonds. The van der Waals surface area contributed by atoms with Gasteiger partial charge in [-0.2, -0.15) is 0 Å². The Morgan fingerprint density at radius 1 is 1.20 bits per heavy atom. The first-order chi connectivity index (χ1) is 14.1. The zero-order valence-electron chi connectivity index (χ0n) is 17.6. The SMILES string of the molecule is CCNC(=NCc1cccc(CN2CCCC2=O)c1)N(C)Cc1ccccc1Cl.I. The van der Waals surface area contributed by atoms with Gasteiger partial charge in [0.25, 0.3) is 0 Å². The van der Waals surface area contributed by atoms with Gasteiger partial charge < -0.3 is 15.1 Å². The van der Waals surface area contributed by atoms with E-state index in [1.54, 1.807) is 0 Å². The molecule has 2 aromatic rings. The van der Waals surface area contributed by atoms with E-state index < -0.39 is 0 Å². The van der Waals surface area contributed by atoms with Gasteiger partial charge in [0, 0.05) is 44.7 Å². The van der Waals surface area contributed by atoms with Crippen LogP contribution in [0.15, 0.2) is 53.5 Å². The van der Waals surface area contributed by atoms with Gasteiger partial charge in [-0.25, -0.2) is 4.99 Å². The van der Waals surface area contributed by atoms with Crippen LogP contribution in [0.2, 0.25) is 5.02 Å². The Kier molecular flexibility index (Phi) is 9.91. The first-order valence-electron chi connectivity index (χ1n) is 10.1. The first-order valence-corrected chi connectivity index (χ1v) is 10.5. The highest BCUT2D eigenvalue weighted by molar-refractivity contribution is 14.0. The van der Waals surface area contributed by atoms with Crippen LogP contribution >= 0.6 is 35.6 Å². The number of aliphatic imine (C=N–C) groups is 1. The molecule has 0 radical (unpaired) electrons. The molecule has 1 saturated heterocycles. The van der Waals surface area contributed by atoms with E-state index in [1.165, 1.54) is 0 Å². The number of guanidine groups is 1. The number of halogens is 2. The number of carbonyl (C=O) groups excluding carboxylic acids is 1. The van der Waals surface area contributed by atoms with Crippen LogP contribution in [0.1, 0.15) is 36.5 Å². The van der Waals surface area contributed by atoms with Crippen molar-refractivity contribution in [2.75, 3.05) is 20.1 Å². The number of likely N-dealkylation sites (tertiary alicyclic amines) is 1. The number of benzene rings is 2. The predicted molar refractivity (Wildman–Crippen MR) is 134 cm³/mol. The molecule has 0 unspecified atom stereocenters. The fraction of sp³-hybridized carbons (Fsp3) is 0.391. The topological polar surface area (TPSA) is 47.9 Å². The maximum Gasteiger partial charge on any atom is 0.222 e. The number of nitrogens with zero attached hydrogens (tertiary/aromatic N) is 3. The predicted octanol–water partition coefficient (Wildman–Crippen LogP) is 4.68. The second kappa shape index (κ2) is 12.2. The molecule has 2 aromatic carbocycles. The third-order valence-electron chi connectivity index (χ3n) is 5.01. The molecule has 162 valence electrons. The van der Waals surface area contributed by atoms with Gasteiger partial charge in [0.05, 0.1) is 6.54 Å². The van der Waals surface area contributed by atoms with E-state index in [-0.39, 0.29) is 29.9 Å². The molecule has 5 nitrogen and oxygen atoms in total. The van der Waals surface area contributed by atoms with Crippen LogP contribution in [0.4, 0.5) is 0 Å². The molecule has 0 saturated carbocycles. The monoisotopic (exact) mass is 540 g/mol. The van der Waals surface area contributed by atoms with Gasteiger partial charge >= 0.3 is 0 Å². The minimum atomic E-state index is 0. The normalized spacial score (nSPS) is 13.9.